The van der Waals surface area contributed by atoms with Crippen molar-refractivity contribution in [2.75, 3.05) is 19.0 Å². The number of carbonyl (C=O) groups excluding carboxylic acids is 1. The first-order chi connectivity index (χ1) is 18.6. The average molecular weight is 588 g/mol. The summed E-state index contributed by atoms with van der Waals surface area (Å²) in [6.45, 7) is 5.25. The third kappa shape index (κ3) is 7.75. The summed E-state index contributed by atoms with van der Waals surface area (Å²) < 4.78 is 52.4. The van der Waals surface area contributed by atoms with E-state index in [4.69, 9.17) is 24.8 Å². The summed E-state index contributed by atoms with van der Waals surface area (Å²) in [7, 11) is 1.50. The summed E-state index contributed by atoms with van der Waals surface area (Å²) in [6.07, 6.45) is 7.65. The van der Waals surface area contributed by atoms with E-state index in [0.717, 1.165) is 25.2 Å². The van der Waals surface area contributed by atoms with Crippen LogP contribution in [0.4, 0.5) is 14.6 Å². The van der Waals surface area contributed by atoms with E-state index in [1.54, 1.807) is 10.7 Å². The van der Waals surface area contributed by atoms with E-state index in [9.17, 15) is 13.6 Å². The fourth-order valence-corrected chi connectivity index (χ4v) is 5.56. The molecule has 39 heavy (non-hydrogen) atoms. The Bertz CT molecular complexity index is 1170. The monoisotopic (exact) mass is 587 g/mol. The predicted octanol–water partition coefficient (Wildman–Crippen LogP) is 5.50. The lowest BCUT2D eigenvalue weighted by molar-refractivity contribution is -0.0449. The lowest BCUT2D eigenvalue weighted by Crippen LogP contribution is -2.42. The normalized spacial score (nSPS) is 22.3. The Hall–Kier alpha value is -2.60. The lowest BCUT2D eigenvalue weighted by Gasteiger charge is -2.32. The summed E-state index contributed by atoms with van der Waals surface area (Å²) in [5, 5.41) is 10.6. The minimum Gasteiger partial charge on any atom is -0.496 e. The van der Waals surface area contributed by atoms with Crippen molar-refractivity contribution in [1.82, 2.24) is 20.1 Å². The number of alkyl halides is 2. The number of halogens is 3. The first kappa shape index (κ1) is 30.9. The number of carbonyl (C=O) groups is 1. The second-order valence-electron chi connectivity index (χ2n) is 10.2. The van der Waals surface area contributed by atoms with Crippen LogP contribution in [0.1, 0.15) is 75.7 Å². The van der Waals surface area contributed by atoms with Crippen LogP contribution in [-0.4, -0.2) is 54.7 Å². The molecule has 2 saturated carbocycles. The molecule has 0 aliphatic heterocycles. The van der Waals surface area contributed by atoms with Crippen molar-refractivity contribution in [3.8, 4) is 17.0 Å². The number of methoxy groups -OCH3 is 1. The van der Waals surface area contributed by atoms with Crippen LogP contribution in [0.5, 0.6) is 5.75 Å². The highest BCUT2D eigenvalue weighted by Crippen LogP contribution is 2.39. The molecule has 2 N–H and O–H groups in total. The zero-order chi connectivity index (χ0) is 28.6. The van der Waals surface area contributed by atoms with E-state index in [2.05, 4.69) is 27.6 Å². The van der Waals surface area contributed by atoms with Gasteiger partial charge >= 0.3 is 11.6 Å². The van der Waals surface area contributed by atoms with Crippen molar-refractivity contribution in [3.63, 3.8) is 0 Å². The van der Waals surface area contributed by atoms with Gasteiger partial charge < -0.3 is 15.4 Å². The number of pyridine rings is 1. The number of anilines is 1. The van der Waals surface area contributed by atoms with Crippen LogP contribution in [0.3, 0.4) is 0 Å². The molecule has 0 spiro atoms. The van der Waals surface area contributed by atoms with Crippen LogP contribution in [0, 0.1) is 11.8 Å². The van der Waals surface area contributed by atoms with Crippen LogP contribution in [0.15, 0.2) is 12.3 Å². The van der Waals surface area contributed by atoms with Gasteiger partial charge in [0.25, 0.3) is 11.8 Å². The van der Waals surface area contributed by atoms with Gasteiger partial charge in [-0.05, 0) is 44.4 Å². The SMILES string of the molecule is CCn1nc(C(=O)NCC2CCC(C)CC2)c(Cl)c1-c1cnc(N[C@@H]2CCCCC2(F)F)cc1OC.O=S=O. The Morgan fingerprint density at radius 2 is 1.92 bits per heavy atom. The van der Waals surface area contributed by atoms with Crippen molar-refractivity contribution < 1.29 is 26.7 Å². The Kier molecular flexibility index (Phi) is 11.2. The van der Waals surface area contributed by atoms with Crippen molar-refractivity contribution in [1.29, 1.82) is 0 Å². The van der Waals surface area contributed by atoms with E-state index in [1.165, 1.54) is 26.1 Å². The fraction of sp³-hybridized carbons (Fsp3) is 0.654. The molecule has 0 aromatic carbocycles. The smallest absolute Gasteiger partial charge is 0.335 e. The number of nitrogens with zero attached hydrogens (tertiary/aromatic N) is 3. The maximum Gasteiger partial charge on any atom is 0.335 e. The van der Waals surface area contributed by atoms with Gasteiger partial charge in [-0.3, -0.25) is 9.48 Å². The van der Waals surface area contributed by atoms with Crippen molar-refractivity contribution in [2.24, 2.45) is 11.8 Å². The first-order valence-electron chi connectivity index (χ1n) is 13.3. The molecule has 1 amide bonds. The Morgan fingerprint density at radius 3 is 2.54 bits per heavy atom. The minimum absolute atomic E-state index is 0.129. The Labute approximate surface area is 236 Å². The molecular weight excluding hydrogens is 552 g/mol. The number of aryl methyl sites for hydroxylation is 1. The molecule has 2 fully saturated rings. The van der Waals surface area contributed by atoms with Crippen LogP contribution >= 0.6 is 11.6 Å². The summed E-state index contributed by atoms with van der Waals surface area (Å²) in [5.74, 6) is -1.16. The number of hydrogen-bond donors (Lipinski definition) is 2. The summed E-state index contributed by atoms with van der Waals surface area (Å²) in [4.78, 5) is 17.3. The number of nitrogens with one attached hydrogen (secondary N) is 2. The van der Waals surface area contributed by atoms with Gasteiger partial charge in [0.05, 0.1) is 29.4 Å². The van der Waals surface area contributed by atoms with Gasteiger partial charge in [0.15, 0.2) is 5.69 Å². The van der Waals surface area contributed by atoms with Crippen LogP contribution in [0.2, 0.25) is 5.02 Å². The molecule has 9 nitrogen and oxygen atoms in total. The molecule has 2 aliphatic carbocycles. The molecule has 1 atom stereocenters. The summed E-state index contributed by atoms with van der Waals surface area (Å²) in [5.41, 5.74) is 1.21. The molecule has 0 bridgehead atoms. The standard InChI is InChI=1S/C26H36ClF2N5O2.O2S/c1-4-34-24(22(27)23(33-34)25(35)31-14-17-10-8-16(2)9-11-17)18-15-30-21(13-19(18)36-3)32-20-7-5-6-12-26(20,28)29;1-3-2/h13,15-17,20H,4-12,14H2,1-3H3,(H,30,32)(H,31,35);/t16?,17?,20-;/m1./s1. The number of hydrogen-bond acceptors (Lipinski definition) is 7. The van der Waals surface area contributed by atoms with Gasteiger partial charge in [0.2, 0.25) is 0 Å². The topological polar surface area (TPSA) is 115 Å². The van der Waals surface area contributed by atoms with Crippen LogP contribution in [0.25, 0.3) is 11.3 Å². The second-order valence-corrected chi connectivity index (χ2v) is 10.7. The lowest BCUT2D eigenvalue weighted by atomic mass is 9.83. The number of aromatic nitrogens is 3. The highest BCUT2D eigenvalue weighted by atomic mass is 35.5. The van der Waals surface area contributed by atoms with E-state index in [1.807, 2.05) is 6.92 Å². The number of ether oxygens (including phenoxy) is 1. The van der Waals surface area contributed by atoms with Gasteiger partial charge in [-0.1, -0.05) is 37.8 Å². The van der Waals surface area contributed by atoms with Crippen LogP contribution in [-0.2, 0) is 18.1 Å². The first-order valence-corrected chi connectivity index (χ1v) is 14.3. The molecule has 216 valence electrons. The van der Waals surface area contributed by atoms with Crippen molar-refractivity contribution in [3.05, 3.63) is 23.0 Å². The van der Waals surface area contributed by atoms with Crippen LogP contribution < -0.4 is 15.4 Å². The molecule has 2 heterocycles. The molecule has 0 radical (unpaired) electrons. The molecule has 0 unspecified atom stereocenters. The van der Waals surface area contributed by atoms with E-state index in [-0.39, 0.29) is 23.0 Å². The predicted molar refractivity (Wildman–Crippen MR) is 146 cm³/mol. The molecule has 0 saturated heterocycles. The molecule has 4 rings (SSSR count). The number of rotatable bonds is 8. The maximum atomic E-state index is 14.3. The maximum absolute atomic E-state index is 14.3. The second kappa shape index (κ2) is 14.2. The molecule has 2 aromatic rings. The average Bonchev–Trinajstić information content (AvgIpc) is 3.25. The largest absolute Gasteiger partial charge is 0.496 e. The highest BCUT2D eigenvalue weighted by molar-refractivity contribution is 7.51. The Morgan fingerprint density at radius 1 is 1.23 bits per heavy atom. The van der Waals surface area contributed by atoms with Gasteiger partial charge in [-0.25, -0.2) is 13.8 Å². The highest BCUT2D eigenvalue weighted by Gasteiger charge is 2.41. The third-order valence-electron chi connectivity index (χ3n) is 7.52. The zero-order valence-electron chi connectivity index (χ0n) is 22.5. The van der Waals surface area contributed by atoms with Gasteiger partial charge in [-0.15, -0.1) is 0 Å². The van der Waals surface area contributed by atoms with Crippen molar-refractivity contribution in [2.45, 2.75) is 83.7 Å². The van der Waals surface area contributed by atoms with E-state index >= 15 is 0 Å². The molecular formula is C26H36ClF2N5O4S. The third-order valence-corrected chi connectivity index (χ3v) is 7.88. The van der Waals surface area contributed by atoms with Gasteiger partial charge in [0.1, 0.15) is 11.6 Å². The van der Waals surface area contributed by atoms with E-state index < -0.39 is 23.5 Å². The fourth-order valence-electron chi connectivity index (χ4n) is 5.24. The summed E-state index contributed by atoms with van der Waals surface area (Å²) >= 11 is 5.95. The quantitative estimate of drug-likeness (QED) is 0.419. The zero-order valence-corrected chi connectivity index (χ0v) is 24.0. The van der Waals surface area contributed by atoms with Gasteiger partial charge in [-0.2, -0.15) is 13.5 Å². The molecule has 13 heteroatoms. The molecule has 2 aromatic heterocycles. The number of amides is 1. The van der Waals surface area contributed by atoms with Crippen molar-refractivity contribution >= 4 is 34.9 Å². The van der Waals surface area contributed by atoms with E-state index in [0.29, 0.717) is 54.7 Å². The summed E-state index contributed by atoms with van der Waals surface area (Å²) in [6, 6.07) is 0.620. The minimum atomic E-state index is -2.78. The van der Waals surface area contributed by atoms with Gasteiger partial charge in [0, 0.05) is 31.8 Å². The Balaban J connectivity index is 0.00000134. The molecule has 2 aliphatic rings.